The second-order valence-corrected chi connectivity index (χ2v) is 3.04. The summed E-state index contributed by atoms with van der Waals surface area (Å²) < 4.78 is 0. The molecule has 0 aliphatic heterocycles. The van der Waals surface area contributed by atoms with Gasteiger partial charge in [0, 0.05) is 6.04 Å². The van der Waals surface area contributed by atoms with Gasteiger partial charge in [0.05, 0.1) is 0 Å². The molecule has 0 bridgehead atoms. The standard InChI is InChI=1S/C10H13NO2/c1-8(11-10(12)13)7-9-5-3-2-4-6-9/h2-6,8,11H,7H2,1H3,(H,12,13)/t8-/m1/s1. The van der Waals surface area contributed by atoms with E-state index in [-0.39, 0.29) is 6.04 Å². The Morgan fingerprint density at radius 3 is 2.62 bits per heavy atom. The second kappa shape index (κ2) is 4.50. The van der Waals surface area contributed by atoms with Crippen LogP contribution < -0.4 is 5.32 Å². The Kier molecular flexibility index (Phi) is 3.31. The van der Waals surface area contributed by atoms with E-state index in [9.17, 15) is 4.79 Å². The van der Waals surface area contributed by atoms with Gasteiger partial charge in [-0.25, -0.2) is 4.79 Å². The molecule has 0 fully saturated rings. The summed E-state index contributed by atoms with van der Waals surface area (Å²) in [5, 5.41) is 10.9. The lowest BCUT2D eigenvalue weighted by molar-refractivity contribution is 0.190. The highest BCUT2D eigenvalue weighted by molar-refractivity contribution is 5.64. The van der Waals surface area contributed by atoms with Crippen LogP contribution in [0, 0.1) is 0 Å². The topological polar surface area (TPSA) is 49.3 Å². The van der Waals surface area contributed by atoms with Gasteiger partial charge in [0.2, 0.25) is 0 Å². The predicted octanol–water partition coefficient (Wildman–Crippen LogP) is 1.89. The molecule has 1 amide bonds. The van der Waals surface area contributed by atoms with Crippen LogP contribution in [0.25, 0.3) is 0 Å². The minimum atomic E-state index is -0.969. The number of hydrogen-bond donors (Lipinski definition) is 2. The van der Waals surface area contributed by atoms with Gasteiger partial charge in [0.1, 0.15) is 0 Å². The van der Waals surface area contributed by atoms with E-state index < -0.39 is 6.09 Å². The van der Waals surface area contributed by atoms with E-state index in [1.807, 2.05) is 37.3 Å². The fourth-order valence-corrected chi connectivity index (χ4v) is 1.23. The molecule has 1 aromatic rings. The van der Waals surface area contributed by atoms with E-state index in [2.05, 4.69) is 5.32 Å². The number of amides is 1. The van der Waals surface area contributed by atoms with Crippen LogP contribution in [-0.2, 0) is 6.42 Å². The first-order valence-corrected chi connectivity index (χ1v) is 4.22. The van der Waals surface area contributed by atoms with Gasteiger partial charge in [-0.15, -0.1) is 0 Å². The monoisotopic (exact) mass is 179 g/mol. The van der Waals surface area contributed by atoms with Crippen molar-refractivity contribution in [1.29, 1.82) is 0 Å². The highest BCUT2D eigenvalue weighted by Gasteiger charge is 2.04. The van der Waals surface area contributed by atoms with Crippen molar-refractivity contribution in [3.63, 3.8) is 0 Å². The summed E-state index contributed by atoms with van der Waals surface area (Å²) in [4.78, 5) is 10.3. The van der Waals surface area contributed by atoms with Crippen LogP contribution in [0.5, 0.6) is 0 Å². The molecule has 0 heterocycles. The second-order valence-electron chi connectivity index (χ2n) is 3.04. The zero-order chi connectivity index (χ0) is 9.68. The zero-order valence-electron chi connectivity index (χ0n) is 7.53. The predicted molar refractivity (Wildman–Crippen MR) is 50.8 cm³/mol. The van der Waals surface area contributed by atoms with E-state index in [4.69, 9.17) is 5.11 Å². The Morgan fingerprint density at radius 2 is 2.08 bits per heavy atom. The van der Waals surface area contributed by atoms with E-state index >= 15 is 0 Å². The number of rotatable bonds is 3. The lowest BCUT2D eigenvalue weighted by Crippen LogP contribution is -2.32. The smallest absolute Gasteiger partial charge is 0.404 e. The molecule has 1 atom stereocenters. The van der Waals surface area contributed by atoms with Crippen molar-refractivity contribution in [3.05, 3.63) is 35.9 Å². The number of hydrogen-bond acceptors (Lipinski definition) is 1. The van der Waals surface area contributed by atoms with Crippen molar-refractivity contribution in [2.75, 3.05) is 0 Å². The van der Waals surface area contributed by atoms with Crippen molar-refractivity contribution in [1.82, 2.24) is 5.32 Å². The number of nitrogens with one attached hydrogen (secondary N) is 1. The summed E-state index contributed by atoms with van der Waals surface area (Å²) in [5.74, 6) is 0. The Bertz CT molecular complexity index is 272. The van der Waals surface area contributed by atoms with Crippen LogP contribution in [0.2, 0.25) is 0 Å². The summed E-state index contributed by atoms with van der Waals surface area (Å²) in [5.41, 5.74) is 1.14. The first-order valence-electron chi connectivity index (χ1n) is 4.22. The molecule has 0 spiro atoms. The van der Waals surface area contributed by atoms with Gasteiger partial charge in [0.15, 0.2) is 0 Å². The van der Waals surface area contributed by atoms with Crippen LogP contribution in [0.1, 0.15) is 12.5 Å². The maximum atomic E-state index is 10.3. The third-order valence-electron chi connectivity index (χ3n) is 1.75. The first-order chi connectivity index (χ1) is 6.18. The number of carboxylic acid groups (broad SMARTS) is 1. The minimum Gasteiger partial charge on any atom is -0.465 e. The van der Waals surface area contributed by atoms with Crippen molar-refractivity contribution in [3.8, 4) is 0 Å². The molecule has 0 aliphatic rings. The third-order valence-corrected chi connectivity index (χ3v) is 1.75. The van der Waals surface area contributed by atoms with Crippen molar-refractivity contribution >= 4 is 6.09 Å². The average Bonchev–Trinajstić information content (AvgIpc) is 2.04. The van der Waals surface area contributed by atoms with Crippen LogP contribution in [0.4, 0.5) is 4.79 Å². The molecule has 0 unspecified atom stereocenters. The van der Waals surface area contributed by atoms with E-state index in [1.165, 1.54) is 0 Å². The SMILES string of the molecule is C[C@H](Cc1ccccc1)NC(=O)O. The molecule has 1 rings (SSSR count). The lowest BCUT2D eigenvalue weighted by atomic mass is 10.1. The molecule has 0 aromatic heterocycles. The lowest BCUT2D eigenvalue weighted by Gasteiger charge is -2.10. The van der Waals surface area contributed by atoms with Crippen LogP contribution >= 0.6 is 0 Å². The fourth-order valence-electron chi connectivity index (χ4n) is 1.23. The minimum absolute atomic E-state index is 0.0418. The summed E-state index contributed by atoms with van der Waals surface area (Å²) >= 11 is 0. The van der Waals surface area contributed by atoms with Gasteiger partial charge < -0.3 is 10.4 Å². The highest BCUT2D eigenvalue weighted by Crippen LogP contribution is 2.02. The van der Waals surface area contributed by atoms with Crippen molar-refractivity contribution in [2.45, 2.75) is 19.4 Å². The van der Waals surface area contributed by atoms with E-state index in [0.29, 0.717) is 0 Å². The summed E-state index contributed by atoms with van der Waals surface area (Å²) in [6.07, 6.45) is -0.240. The normalized spacial score (nSPS) is 12.1. The molecule has 3 heteroatoms. The molecule has 3 nitrogen and oxygen atoms in total. The molecule has 0 saturated heterocycles. The van der Waals surface area contributed by atoms with E-state index in [1.54, 1.807) is 0 Å². The third kappa shape index (κ3) is 3.60. The number of benzene rings is 1. The molecule has 0 aliphatic carbocycles. The van der Waals surface area contributed by atoms with Crippen LogP contribution in [-0.4, -0.2) is 17.2 Å². The molecule has 0 saturated carbocycles. The van der Waals surface area contributed by atoms with Gasteiger partial charge in [-0.3, -0.25) is 0 Å². The summed E-state index contributed by atoms with van der Waals surface area (Å²) in [6.45, 7) is 1.85. The molecule has 1 aromatic carbocycles. The van der Waals surface area contributed by atoms with Gasteiger partial charge in [-0.05, 0) is 18.9 Å². The van der Waals surface area contributed by atoms with Crippen molar-refractivity contribution < 1.29 is 9.90 Å². The molecule has 2 N–H and O–H groups in total. The Labute approximate surface area is 77.4 Å². The average molecular weight is 179 g/mol. The number of carbonyl (C=O) groups is 1. The maximum absolute atomic E-state index is 10.3. The quantitative estimate of drug-likeness (QED) is 0.744. The van der Waals surface area contributed by atoms with Crippen LogP contribution in [0.15, 0.2) is 30.3 Å². The highest BCUT2D eigenvalue weighted by atomic mass is 16.4. The van der Waals surface area contributed by atoms with Gasteiger partial charge >= 0.3 is 6.09 Å². The zero-order valence-corrected chi connectivity index (χ0v) is 7.53. The van der Waals surface area contributed by atoms with E-state index in [0.717, 1.165) is 12.0 Å². The van der Waals surface area contributed by atoms with Gasteiger partial charge in [0.25, 0.3) is 0 Å². The molecular weight excluding hydrogens is 166 g/mol. The molecular formula is C10H13NO2. The Morgan fingerprint density at radius 1 is 1.46 bits per heavy atom. The van der Waals surface area contributed by atoms with Gasteiger partial charge in [-0.2, -0.15) is 0 Å². The largest absolute Gasteiger partial charge is 0.465 e. The summed E-state index contributed by atoms with van der Waals surface area (Å²) in [6, 6.07) is 9.77. The Hall–Kier alpha value is -1.51. The first kappa shape index (κ1) is 9.58. The van der Waals surface area contributed by atoms with Crippen molar-refractivity contribution in [2.24, 2.45) is 0 Å². The Balaban J connectivity index is 2.45. The maximum Gasteiger partial charge on any atom is 0.404 e. The molecule has 70 valence electrons. The van der Waals surface area contributed by atoms with Gasteiger partial charge in [-0.1, -0.05) is 30.3 Å². The van der Waals surface area contributed by atoms with Crippen LogP contribution in [0.3, 0.4) is 0 Å². The molecule has 0 radical (unpaired) electrons. The molecule has 13 heavy (non-hydrogen) atoms. The summed E-state index contributed by atoms with van der Waals surface area (Å²) in [7, 11) is 0. The fraction of sp³-hybridized carbons (Fsp3) is 0.300.